The van der Waals surface area contributed by atoms with Crippen LogP contribution < -0.4 is 11.5 Å². The van der Waals surface area contributed by atoms with Gasteiger partial charge in [-0.2, -0.15) is 0 Å². The van der Waals surface area contributed by atoms with Crippen molar-refractivity contribution in [2.24, 2.45) is 0 Å². The van der Waals surface area contributed by atoms with Crippen molar-refractivity contribution in [2.45, 2.75) is 219 Å². The van der Waals surface area contributed by atoms with E-state index in [1.54, 1.807) is 0 Å². The number of rotatable bonds is 35. The summed E-state index contributed by atoms with van der Waals surface area (Å²) >= 11 is 0. The Kier molecular flexibility index (Phi) is 25.7. The van der Waals surface area contributed by atoms with Gasteiger partial charge in [0.25, 0.3) is 0 Å². The first-order valence-electron chi connectivity index (χ1n) is 25.4. The van der Waals surface area contributed by atoms with Crippen LogP contribution in [0.15, 0.2) is 84.9 Å². The highest BCUT2D eigenvalue weighted by molar-refractivity contribution is 5.50. The van der Waals surface area contributed by atoms with Crippen LogP contribution in [0.4, 0.5) is 11.4 Å². The van der Waals surface area contributed by atoms with Crippen molar-refractivity contribution in [3.8, 4) is 0 Å². The van der Waals surface area contributed by atoms with E-state index >= 15 is 0 Å². The minimum Gasteiger partial charge on any atom is -0.399 e. The van der Waals surface area contributed by atoms with Crippen LogP contribution in [-0.4, -0.2) is 0 Å². The van der Waals surface area contributed by atoms with E-state index in [1.807, 2.05) is 0 Å². The molecular formula is C58H88N2. The minimum atomic E-state index is 0.959. The molecule has 0 unspecified atom stereocenters. The van der Waals surface area contributed by atoms with Crippen LogP contribution in [0.25, 0.3) is 0 Å². The maximum absolute atomic E-state index is 6.31. The average molecular weight is 813 g/mol. The standard InChI is InChI=1S/C58H88N2/c1-3-5-7-21-27-31-55-47-53(41-43-57(55)59)45-51-37-33-49(34-38-51)29-25-23-19-17-15-13-11-9-10-12-14-16-18-20-24-26-30-50-35-39-52(40-36-50)46-54-42-44-58(60)56(48-54)32-28-22-8-6-4-2/h33-44,47-48H,3-32,45-46,59-60H2,1-2H3. The van der Waals surface area contributed by atoms with E-state index in [2.05, 4.69) is 98.8 Å². The van der Waals surface area contributed by atoms with Gasteiger partial charge in [-0.15, -0.1) is 0 Å². The quantitative estimate of drug-likeness (QED) is 0.0359. The van der Waals surface area contributed by atoms with Crippen LogP contribution >= 0.6 is 0 Å². The van der Waals surface area contributed by atoms with Crippen molar-refractivity contribution >= 4 is 11.4 Å². The summed E-state index contributed by atoms with van der Waals surface area (Å²) in [5.74, 6) is 0. The van der Waals surface area contributed by atoms with Gasteiger partial charge in [0, 0.05) is 11.4 Å². The maximum atomic E-state index is 6.31. The molecular weight excluding hydrogens is 725 g/mol. The summed E-state index contributed by atoms with van der Waals surface area (Å²) in [6, 6.07) is 32.2. The van der Waals surface area contributed by atoms with Gasteiger partial charge in [0.1, 0.15) is 0 Å². The van der Waals surface area contributed by atoms with E-state index in [1.165, 1.54) is 224 Å². The summed E-state index contributed by atoms with van der Waals surface area (Å²) in [5.41, 5.74) is 25.8. The fraction of sp³-hybridized carbons (Fsp3) is 0.586. The molecule has 0 saturated carbocycles. The zero-order valence-corrected chi connectivity index (χ0v) is 38.9. The zero-order valence-electron chi connectivity index (χ0n) is 38.9. The van der Waals surface area contributed by atoms with E-state index in [0.717, 1.165) is 37.1 Å². The van der Waals surface area contributed by atoms with E-state index in [4.69, 9.17) is 11.5 Å². The largest absolute Gasteiger partial charge is 0.399 e. The number of hydrogen-bond donors (Lipinski definition) is 2. The van der Waals surface area contributed by atoms with Gasteiger partial charge in [-0.05, 0) is 121 Å². The third-order valence-electron chi connectivity index (χ3n) is 13.1. The van der Waals surface area contributed by atoms with E-state index in [9.17, 15) is 0 Å². The molecule has 0 atom stereocenters. The lowest BCUT2D eigenvalue weighted by Crippen LogP contribution is -1.98. The van der Waals surface area contributed by atoms with Gasteiger partial charge in [-0.25, -0.2) is 0 Å². The van der Waals surface area contributed by atoms with Crippen LogP contribution in [0.5, 0.6) is 0 Å². The monoisotopic (exact) mass is 813 g/mol. The molecule has 60 heavy (non-hydrogen) atoms. The Morgan fingerprint density at radius 1 is 0.267 bits per heavy atom. The normalized spacial score (nSPS) is 11.4. The van der Waals surface area contributed by atoms with E-state index < -0.39 is 0 Å². The first kappa shape index (κ1) is 49.1. The highest BCUT2D eigenvalue weighted by atomic mass is 14.6. The number of hydrogen-bond acceptors (Lipinski definition) is 2. The summed E-state index contributed by atoms with van der Waals surface area (Å²) in [6.07, 6.45) is 42.2. The smallest absolute Gasteiger partial charge is 0.0346 e. The molecule has 0 aliphatic rings. The highest BCUT2D eigenvalue weighted by Crippen LogP contribution is 2.23. The van der Waals surface area contributed by atoms with Crippen LogP contribution in [0.3, 0.4) is 0 Å². The van der Waals surface area contributed by atoms with Crippen LogP contribution in [0.1, 0.15) is 225 Å². The fourth-order valence-corrected chi connectivity index (χ4v) is 9.06. The van der Waals surface area contributed by atoms with Crippen molar-refractivity contribution < 1.29 is 0 Å². The minimum absolute atomic E-state index is 0.959. The molecule has 0 heterocycles. The summed E-state index contributed by atoms with van der Waals surface area (Å²) in [6.45, 7) is 4.55. The molecule has 4 aromatic rings. The van der Waals surface area contributed by atoms with Gasteiger partial charge >= 0.3 is 0 Å². The van der Waals surface area contributed by atoms with Crippen LogP contribution in [-0.2, 0) is 38.5 Å². The van der Waals surface area contributed by atoms with Crippen LogP contribution in [0.2, 0.25) is 0 Å². The molecule has 0 bridgehead atoms. The molecule has 4 N–H and O–H groups in total. The first-order valence-corrected chi connectivity index (χ1v) is 25.4. The molecule has 330 valence electrons. The molecule has 2 nitrogen and oxygen atoms in total. The van der Waals surface area contributed by atoms with Crippen molar-refractivity contribution in [3.63, 3.8) is 0 Å². The summed E-state index contributed by atoms with van der Waals surface area (Å²) in [5, 5.41) is 0. The Morgan fingerprint density at radius 2 is 0.517 bits per heavy atom. The summed E-state index contributed by atoms with van der Waals surface area (Å²) < 4.78 is 0. The Hall–Kier alpha value is -3.52. The van der Waals surface area contributed by atoms with E-state index in [-0.39, 0.29) is 0 Å². The molecule has 0 saturated heterocycles. The maximum Gasteiger partial charge on any atom is 0.0346 e. The van der Waals surface area contributed by atoms with Crippen molar-refractivity contribution in [3.05, 3.63) is 129 Å². The molecule has 0 aromatic heterocycles. The Balaban J connectivity index is 0.913. The van der Waals surface area contributed by atoms with E-state index in [0.29, 0.717) is 0 Å². The third kappa shape index (κ3) is 21.3. The lowest BCUT2D eigenvalue weighted by molar-refractivity contribution is 0.528. The molecule has 0 spiro atoms. The lowest BCUT2D eigenvalue weighted by atomic mass is 9.97. The molecule has 0 amide bonds. The number of aryl methyl sites for hydroxylation is 4. The summed E-state index contributed by atoms with van der Waals surface area (Å²) in [4.78, 5) is 0. The van der Waals surface area contributed by atoms with Gasteiger partial charge in [-0.1, -0.05) is 228 Å². The number of nitrogen functional groups attached to an aromatic ring is 2. The number of nitrogens with two attached hydrogens (primary N) is 2. The Labute approximate surface area is 370 Å². The van der Waals surface area contributed by atoms with Crippen LogP contribution in [0, 0.1) is 0 Å². The molecule has 0 aliphatic carbocycles. The SMILES string of the molecule is CCCCCCCc1cc(Cc2ccc(CCCCCCCCCCCCCCCCCCc3ccc(Cc4ccc(N)c(CCCCCCC)c4)cc3)cc2)ccc1N. The average Bonchev–Trinajstić information content (AvgIpc) is 3.26. The van der Waals surface area contributed by atoms with Gasteiger partial charge in [0.15, 0.2) is 0 Å². The van der Waals surface area contributed by atoms with Gasteiger partial charge < -0.3 is 11.5 Å². The molecule has 4 rings (SSSR count). The first-order chi connectivity index (χ1) is 29.5. The molecule has 0 radical (unpaired) electrons. The fourth-order valence-electron chi connectivity index (χ4n) is 9.06. The number of unbranched alkanes of at least 4 members (excludes halogenated alkanes) is 23. The molecule has 4 aromatic carbocycles. The van der Waals surface area contributed by atoms with Gasteiger partial charge in [0.2, 0.25) is 0 Å². The third-order valence-corrected chi connectivity index (χ3v) is 13.1. The molecule has 2 heteroatoms. The zero-order chi connectivity index (χ0) is 42.3. The van der Waals surface area contributed by atoms with Crippen molar-refractivity contribution in [1.82, 2.24) is 0 Å². The lowest BCUT2D eigenvalue weighted by Gasteiger charge is -2.10. The Morgan fingerprint density at radius 3 is 0.833 bits per heavy atom. The van der Waals surface area contributed by atoms with Crippen molar-refractivity contribution in [1.29, 1.82) is 0 Å². The second-order valence-corrected chi connectivity index (χ2v) is 18.5. The highest BCUT2D eigenvalue weighted by Gasteiger charge is 2.06. The predicted octanol–water partition coefficient (Wildman–Crippen LogP) is 17.1. The molecule has 0 aliphatic heterocycles. The van der Waals surface area contributed by atoms with Gasteiger partial charge in [-0.3, -0.25) is 0 Å². The Bertz CT molecular complexity index is 1530. The predicted molar refractivity (Wildman–Crippen MR) is 266 cm³/mol. The molecule has 0 fully saturated rings. The number of anilines is 2. The second kappa shape index (κ2) is 31.3. The van der Waals surface area contributed by atoms with Crippen molar-refractivity contribution in [2.75, 3.05) is 11.5 Å². The van der Waals surface area contributed by atoms with Gasteiger partial charge in [0.05, 0.1) is 0 Å². The number of benzene rings is 4. The second-order valence-electron chi connectivity index (χ2n) is 18.5. The summed E-state index contributed by atoms with van der Waals surface area (Å²) in [7, 11) is 0. The topological polar surface area (TPSA) is 52.0 Å².